The molecule has 0 amide bonds. The van der Waals surface area contributed by atoms with E-state index in [-0.39, 0.29) is 0 Å². The molecule has 1 heteroatoms. The van der Waals surface area contributed by atoms with Crippen molar-refractivity contribution in [2.24, 2.45) is 5.73 Å². The number of hydrogen-bond donors (Lipinski definition) is 1. The molecule has 3 rings (SSSR count). The predicted molar refractivity (Wildman–Crippen MR) is 53.8 cm³/mol. The third kappa shape index (κ3) is 1.19. The minimum absolute atomic E-state index is 0.384. The van der Waals surface area contributed by atoms with E-state index >= 15 is 0 Å². The van der Waals surface area contributed by atoms with Crippen LogP contribution in [0.25, 0.3) is 0 Å². The van der Waals surface area contributed by atoms with E-state index in [2.05, 4.69) is 18.2 Å². The van der Waals surface area contributed by atoms with E-state index in [9.17, 15) is 0 Å². The summed E-state index contributed by atoms with van der Waals surface area (Å²) in [7, 11) is 0. The highest BCUT2D eigenvalue weighted by Crippen LogP contribution is 2.43. The second-order valence-corrected chi connectivity index (χ2v) is 4.43. The molecule has 1 atom stereocenters. The van der Waals surface area contributed by atoms with Gasteiger partial charge in [-0.2, -0.15) is 0 Å². The zero-order valence-electron chi connectivity index (χ0n) is 7.79. The van der Waals surface area contributed by atoms with E-state index in [0.717, 1.165) is 18.8 Å². The molecule has 0 bridgehead atoms. The molecule has 1 fully saturated rings. The van der Waals surface area contributed by atoms with Gasteiger partial charge >= 0.3 is 0 Å². The average molecular weight is 173 g/mol. The Hall–Kier alpha value is -0.820. The van der Waals surface area contributed by atoms with Crippen LogP contribution in [0, 0.1) is 0 Å². The molecule has 68 valence electrons. The van der Waals surface area contributed by atoms with Gasteiger partial charge in [-0.05, 0) is 48.3 Å². The molecule has 0 aliphatic heterocycles. The lowest BCUT2D eigenvalue weighted by atomic mass is 10.00. The molecule has 1 nitrogen and oxygen atoms in total. The van der Waals surface area contributed by atoms with Crippen molar-refractivity contribution in [2.45, 2.75) is 37.6 Å². The maximum atomic E-state index is 5.97. The summed E-state index contributed by atoms with van der Waals surface area (Å²) in [6.07, 6.45) is 5.00. The van der Waals surface area contributed by atoms with Gasteiger partial charge in [0, 0.05) is 6.04 Å². The summed E-state index contributed by atoms with van der Waals surface area (Å²) in [5, 5.41) is 0. The molecule has 2 N–H and O–H groups in total. The lowest BCUT2D eigenvalue weighted by molar-refractivity contribution is 0.719. The van der Waals surface area contributed by atoms with Crippen molar-refractivity contribution in [3.8, 4) is 0 Å². The van der Waals surface area contributed by atoms with Crippen LogP contribution in [0.4, 0.5) is 0 Å². The number of nitrogens with two attached hydrogens (primary N) is 1. The second-order valence-electron chi connectivity index (χ2n) is 4.43. The molecule has 0 heterocycles. The third-order valence-corrected chi connectivity index (χ3v) is 3.27. The van der Waals surface area contributed by atoms with Gasteiger partial charge in [0.1, 0.15) is 0 Å². The Labute approximate surface area is 78.9 Å². The first kappa shape index (κ1) is 7.57. The molecule has 1 unspecified atom stereocenters. The summed E-state index contributed by atoms with van der Waals surface area (Å²) in [6, 6.07) is 7.13. The van der Waals surface area contributed by atoms with Crippen molar-refractivity contribution >= 4 is 0 Å². The zero-order valence-corrected chi connectivity index (χ0v) is 7.79. The quantitative estimate of drug-likeness (QED) is 0.690. The summed E-state index contributed by atoms with van der Waals surface area (Å²) in [6.45, 7) is 0. The van der Waals surface area contributed by atoms with Crippen LogP contribution in [0.15, 0.2) is 18.2 Å². The Morgan fingerprint density at radius 1 is 1.15 bits per heavy atom. The van der Waals surface area contributed by atoms with E-state index < -0.39 is 0 Å². The van der Waals surface area contributed by atoms with Crippen LogP contribution in [-0.2, 0) is 12.8 Å². The fourth-order valence-corrected chi connectivity index (χ4v) is 2.49. The summed E-state index contributed by atoms with van der Waals surface area (Å²) in [5.74, 6) is 0.875. The van der Waals surface area contributed by atoms with Crippen LogP contribution < -0.4 is 5.73 Å². The Balaban J connectivity index is 2.07. The van der Waals surface area contributed by atoms with E-state index in [1.54, 1.807) is 11.1 Å². The Bertz CT molecular complexity index is 339. The molecular weight excluding hydrogens is 158 g/mol. The molecule has 1 saturated carbocycles. The first-order valence-electron chi connectivity index (χ1n) is 5.21. The topological polar surface area (TPSA) is 26.0 Å². The second kappa shape index (κ2) is 2.58. The Morgan fingerprint density at radius 3 is 2.77 bits per heavy atom. The van der Waals surface area contributed by atoms with Crippen molar-refractivity contribution in [3.63, 3.8) is 0 Å². The average Bonchev–Trinajstić information content (AvgIpc) is 2.86. The van der Waals surface area contributed by atoms with Crippen LogP contribution in [-0.4, -0.2) is 6.04 Å². The largest absolute Gasteiger partial charge is 0.327 e. The first-order valence-corrected chi connectivity index (χ1v) is 5.21. The monoisotopic (exact) mass is 173 g/mol. The van der Waals surface area contributed by atoms with Gasteiger partial charge < -0.3 is 5.73 Å². The first-order chi connectivity index (χ1) is 6.34. The van der Waals surface area contributed by atoms with Crippen LogP contribution in [0.5, 0.6) is 0 Å². The molecule has 2 aliphatic rings. The zero-order chi connectivity index (χ0) is 8.84. The van der Waals surface area contributed by atoms with Gasteiger partial charge in [0.2, 0.25) is 0 Å². The van der Waals surface area contributed by atoms with Gasteiger partial charge in [-0.1, -0.05) is 18.2 Å². The maximum absolute atomic E-state index is 5.97. The molecule has 1 aromatic rings. The molecule has 2 aliphatic carbocycles. The highest BCUT2D eigenvalue weighted by Gasteiger charge is 2.29. The van der Waals surface area contributed by atoms with Gasteiger partial charge in [0.05, 0.1) is 0 Å². The molecule has 13 heavy (non-hydrogen) atoms. The summed E-state index contributed by atoms with van der Waals surface area (Å²) in [5.41, 5.74) is 10.7. The van der Waals surface area contributed by atoms with Gasteiger partial charge in [-0.15, -0.1) is 0 Å². The van der Waals surface area contributed by atoms with E-state index in [1.807, 2.05) is 0 Å². The number of rotatable bonds is 1. The lowest BCUT2D eigenvalue weighted by Crippen LogP contribution is -2.19. The van der Waals surface area contributed by atoms with Crippen molar-refractivity contribution in [2.75, 3.05) is 0 Å². The molecular formula is C12H15N. The molecule has 0 aromatic heterocycles. The highest BCUT2D eigenvalue weighted by atomic mass is 14.6. The van der Waals surface area contributed by atoms with Crippen LogP contribution in [0.3, 0.4) is 0 Å². The van der Waals surface area contributed by atoms with Crippen molar-refractivity contribution in [1.82, 2.24) is 0 Å². The van der Waals surface area contributed by atoms with Gasteiger partial charge in [0.15, 0.2) is 0 Å². The van der Waals surface area contributed by atoms with Gasteiger partial charge in [-0.25, -0.2) is 0 Å². The summed E-state index contributed by atoms with van der Waals surface area (Å²) >= 11 is 0. The Kier molecular flexibility index (Phi) is 1.50. The molecule has 0 saturated heterocycles. The standard InChI is InChI=1S/C12H15N/c13-10-6-9-2-1-3-11(8-4-5-8)12(9)7-10/h1-3,8,10H,4-7,13H2. The van der Waals surface area contributed by atoms with Crippen LogP contribution >= 0.6 is 0 Å². The molecule has 1 aromatic carbocycles. The van der Waals surface area contributed by atoms with Gasteiger partial charge in [-0.3, -0.25) is 0 Å². The Morgan fingerprint density at radius 2 is 2.00 bits per heavy atom. The summed E-state index contributed by atoms with van der Waals surface area (Å²) in [4.78, 5) is 0. The third-order valence-electron chi connectivity index (χ3n) is 3.27. The normalized spacial score (nSPS) is 26.1. The minimum Gasteiger partial charge on any atom is -0.327 e. The fraction of sp³-hybridized carbons (Fsp3) is 0.500. The number of fused-ring (bicyclic) bond motifs is 1. The van der Waals surface area contributed by atoms with Gasteiger partial charge in [0.25, 0.3) is 0 Å². The van der Waals surface area contributed by atoms with Crippen molar-refractivity contribution < 1.29 is 0 Å². The van der Waals surface area contributed by atoms with Crippen molar-refractivity contribution in [3.05, 3.63) is 34.9 Å². The predicted octanol–water partition coefficient (Wildman–Crippen LogP) is 1.99. The fourth-order valence-electron chi connectivity index (χ4n) is 2.49. The highest BCUT2D eigenvalue weighted by molar-refractivity contribution is 5.43. The van der Waals surface area contributed by atoms with E-state index in [0.29, 0.717) is 6.04 Å². The number of benzene rings is 1. The minimum atomic E-state index is 0.384. The maximum Gasteiger partial charge on any atom is 0.0120 e. The summed E-state index contributed by atoms with van der Waals surface area (Å²) < 4.78 is 0. The van der Waals surface area contributed by atoms with E-state index in [1.165, 1.54) is 18.4 Å². The molecule has 0 spiro atoms. The van der Waals surface area contributed by atoms with Crippen molar-refractivity contribution in [1.29, 1.82) is 0 Å². The number of hydrogen-bond acceptors (Lipinski definition) is 1. The van der Waals surface area contributed by atoms with Crippen LogP contribution in [0.1, 0.15) is 35.4 Å². The van der Waals surface area contributed by atoms with E-state index in [4.69, 9.17) is 5.73 Å². The molecule has 0 radical (unpaired) electrons. The lowest BCUT2D eigenvalue weighted by Gasteiger charge is -2.05. The SMILES string of the molecule is NC1Cc2cccc(C3CC3)c2C1. The van der Waals surface area contributed by atoms with Crippen LogP contribution in [0.2, 0.25) is 0 Å². The smallest absolute Gasteiger partial charge is 0.0120 e.